The van der Waals surface area contributed by atoms with Crippen molar-refractivity contribution < 1.29 is 78.0 Å². The first-order chi connectivity index (χ1) is 31.6. The molecule has 9 amide bonds. The van der Waals surface area contributed by atoms with Gasteiger partial charge >= 0.3 is 17.9 Å². The fourth-order valence-corrected chi connectivity index (χ4v) is 6.28. The van der Waals surface area contributed by atoms with Gasteiger partial charge in [-0.25, -0.2) is 4.79 Å². The summed E-state index contributed by atoms with van der Waals surface area (Å²) in [5.74, 6) is -14.6. The Hall–Kier alpha value is -6.48. The van der Waals surface area contributed by atoms with Crippen LogP contribution in [0.1, 0.15) is 99.3 Å². The summed E-state index contributed by atoms with van der Waals surface area (Å²) in [7, 11) is 0. The van der Waals surface area contributed by atoms with Crippen LogP contribution in [0.15, 0.2) is 0 Å². The molecule has 0 spiro atoms. The molecule has 0 radical (unpaired) electrons. The van der Waals surface area contributed by atoms with Gasteiger partial charge in [-0.15, -0.1) is 0 Å². The molecule has 0 aromatic rings. The highest BCUT2D eigenvalue weighted by molar-refractivity contribution is 5.99. The number of aliphatic hydroxyl groups excluding tert-OH is 1. The number of hydrogen-bond donors (Lipinski definition) is 15. The van der Waals surface area contributed by atoms with Crippen LogP contribution in [0.5, 0.6) is 0 Å². The van der Waals surface area contributed by atoms with Gasteiger partial charge in [0.05, 0.1) is 32.0 Å². The molecule has 0 bridgehead atoms. The summed E-state index contributed by atoms with van der Waals surface area (Å²) >= 11 is 0. The predicted octanol–water partition coefficient (Wildman–Crippen LogP) is -5.01. The molecule has 0 heterocycles. The van der Waals surface area contributed by atoms with Gasteiger partial charge in [0, 0.05) is 6.42 Å². The summed E-state index contributed by atoms with van der Waals surface area (Å²) in [6.07, 6.45) is -2.46. The van der Waals surface area contributed by atoms with Crippen molar-refractivity contribution in [1.29, 1.82) is 0 Å². The van der Waals surface area contributed by atoms with Crippen molar-refractivity contribution in [3.63, 3.8) is 0 Å². The van der Waals surface area contributed by atoms with Crippen molar-refractivity contribution in [2.24, 2.45) is 35.0 Å². The molecule has 68 heavy (non-hydrogen) atoms. The minimum Gasteiger partial charge on any atom is -0.481 e. The van der Waals surface area contributed by atoms with Gasteiger partial charge in [-0.3, -0.25) is 52.7 Å². The van der Waals surface area contributed by atoms with Gasteiger partial charge in [0.25, 0.3) is 0 Å². The standard InChI is InChI=1S/C41H71N11O16/c1-19(2)13-22(43)34(60)49-25(14-20(3)4)35(61)45-17-30(55)46-27(16-32(58)59)38(64)47-23(9-7-8-12-42)36(62)51-28(18-53)40(66)48-24(10-11-31(56)57)37(63)50-26(15-29(44)54)39(65)52-33(21(5)6)41(67)68/h19-28,33,53H,7-18,42-43H2,1-6H3,(H2,44,54)(H,45,61)(H,46,55)(H,47,64)(H,48,66)(H,49,60)(H,50,63)(H,51,62)(H,52,65)(H,56,57)(H,58,59)(H,67,68)/t22-,23-,24-,25-,26-,27-,28-,33-/m0/s1. The molecule has 0 rings (SSSR count). The molecule has 0 unspecified atom stereocenters. The highest BCUT2D eigenvalue weighted by atomic mass is 16.4. The number of aliphatic hydroxyl groups is 1. The molecular weight excluding hydrogens is 903 g/mol. The van der Waals surface area contributed by atoms with Crippen LogP contribution in [-0.4, -0.2) is 160 Å². The van der Waals surface area contributed by atoms with Gasteiger partial charge in [0.1, 0.15) is 42.3 Å². The van der Waals surface area contributed by atoms with E-state index in [0.717, 1.165) is 0 Å². The Kier molecular flexibility index (Phi) is 28.5. The van der Waals surface area contributed by atoms with Crippen LogP contribution >= 0.6 is 0 Å². The van der Waals surface area contributed by atoms with E-state index in [-0.39, 0.29) is 37.6 Å². The minimum atomic E-state index is -1.91. The molecule has 8 atom stereocenters. The van der Waals surface area contributed by atoms with E-state index >= 15 is 0 Å². The lowest BCUT2D eigenvalue weighted by Crippen LogP contribution is -2.60. The molecule has 0 saturated heterocycles. The number of aliphatic carboxylic acids is 3. The number of carboxylic acid groups (broad SMARTS) is 3. The third-order valence-electron chi connectivity index (χ3n) is 9.80. The van der Waals surface area contributed by atoms with Crippen molar-refractivity contribution in [3.8, 4) is 0 Å². The molecule has 0 fully saturated rings. The summed E-state index contributed by atoms with van der Waals surface area (Å²) in [6.45, 7) is 8.45. The maximum Gasteiger partial charge on any atom is 0.326 e. The quantitative estimate of drug-likeness (QED) is 0.0269. The largest absolute Gasteiger partial charge is 0.481 e. The monoisotopic (exact) mass is 974 g/mol. The Balaban J connectivity index is 6.27. The lowest BCUT2D eigenvalue weighted by molar-refractivity contribution is -0.143. The number of carboxylic acids is 3. The number of carbonyl (C=O) groups is 12. The summed E-state index contributed by atoms with van der Waals surface area (Å²) in [5.41, 5.74) is 16.8. The predicted molar refractivity (Wildman–Crippen MR) is 239 cm³/mol. The van der Waals surface area contributed by atoms with Gasteiger partial charge in [-0.1, -0.05) is 41.5 Å². The third kappa shape index (κ3) is 24.9. The lowest BCUT2D eigenvalue weighted by Gasteiger charge is -2.27. The van der Waals surface area contributed by atoms with Crippen molar-refractivity contribution in [1.82, 2.24) is 42.5 Å². The number of carbonyl (C=O) groups excluding carboxylic acids is 9. The summed E-state index contributed by atoms with van der Waals surface area (Å²) in [5, 5.41) is 56.5. The number of unbranched alkanes of at least 4 members (excludes halogenated alkanes) is 1. The van der Waals surface area contributed by atoms with Crippen LogP contribution in [0.2, 0.25) is 0 Å². The number of rotatable bonds is 34. The summed E-state index contributed by atoms with van der Waals surface area (Å²) in [4.78, 5) is 152. The van der Waals surface area contributed by atoms with Crippen molar-refractivity contribution >= 4 is 71.1 Å². The Bertz CT molecular complexity index is 1780. The fourth-order valence-electron chi connectivity index (χ4n) is 6.28. The molecule has 0 aliphatic carbocycles. The molecule has 0 saturated carbocycles. The van der Waals surface area contributed by atoms with E-state index in [4.69, 9.17) is 17.2 Å². The average Bonchev–Trinajstić information content (AvgIpc) is 3.22. The maximum atomic E-state index is 13.6. The highest BCUT2D eigenvalue weighted by Crippen LogP contribution is 2.10. The molecule has 0 aliphatic heterocycles. The van der Waals surface area contributed by atoms with Crippen LogP contribution in [0, 0.1) is 17.8 Å². The maximum absolute atomic E-state index is 13.6. The van der Waals surface area contributed by atoms with Crippen LogP contribution < -0.4 is 59.7 Å². The molecule has 0 aromatic heterocycles. The van der Waals surface area contributed by atoms with Crippen LogP contribution in [0.3, 0.4) is 0 Å². The number of nitrogens with one attached hydrogen (secondary N) is 8. The Labute approximate surface area is 393 Å². The average molecular weight is 974 g/mol. The van der Waals surface area contributed by atoms with E-state index in [1.165, 1.54) is 13.8 Å². The summed E-state index contributed by atoms with van der Waals surface area (Å²) in [6, 6.07) is -12.4. The smallest absolute Gasteiger partial charge is 0.326 e. The van der Waals surface area contributed by atoms with E-state index < -0.39 is 164 Å². The van der Waals surface area contributed by atoms with Crippen molar-refractivity contribution in [3.05, 3.63) is 0 Å². The lowest BCUT2D eigenvalue weighted by atomic mass is 10.0. The highest BCUT2D eigenvalue weighted by Gasteiger charge is 2.35. The van der Waals surface area contributed by atoms with E-state index in [9.17, 15) is 78.0 Å². The molecule has 27 heteroatoms. The first-order valence-electron chi connectivity index (χ1n) is 22.0. The molecule has 27 nitrogen and oxygen atoms in total. The van der Waals surface area contributed by atoms with Crippen molar-refractivity contribution in [2.75, 3.05) is 19.7 Å². The number of nitrogens with two attached hydrogens (primary N) is 3. The topological polar surface area (TPSA) is 460 Å². The molecule has 0 aliphatic rings. The molecule has 18 N–H and O–H groups in total. The summed E-state index contributed by atoms with van der Waals surface area (Å²) < 4.78 is 0. The van der Waals surface area contributed by atoms with Gasteiger partial charge in [0.2, 0.25) is 53.2 Å². The number of primary amides is 1. The zero-order valence-electron chi connectivity index (χ0n) is 39.3. The van der Waals surface area contributed by atoms with Gasteiger partial charge in [0.15, 0.2) is 0 Å². The van der Waals surface area contributed by atoms with Gasteiger partial charge in [-0.05, 0) is 62.8 Å². The zero-order chi connectivity index (χ0) is 52.4. The molecular formula is C41H71N11O16. The van der Waals surface area contributed by atoms with Gasteiger partial charge < -0.3 is 80.2 Å². The third-order valence-corrected chi connectivity index (χ3v) is 9.80. The van der Waals surface area contributed by atoms with Crippen LogP contribution in [0.4, 0.5) is 0 Å². The second-order valence-corrected chi connectivity index (χ2v) is 17.2. The first-order valence-corrected chi connectivity index (χ1v) is 22.0. The van der Waals surface area contributed by atoms with E-state index in [2.05, 4.69) is 42.5 Å². The number of hydrogen-bond acceptors (Lipinski definition) is 15. The second-order valence-electron chi connectivity index (χ2n) is 17.2. The fraction of sp³-hybridized carbons (Fsp3) is 0.707. The zero-order valence-corrected chi connectivity index (χ0v) is 39.3. The first kappa shape index (κ1) is 61.5. The molecule has 386 valence electrons. The van der Waals surface area contributed by atoms with Crippen molar-refractivity contribution in [2.45, 2.75) is 148 Å². The Morgan fingerprint density at radius 1 is 0.515 bits per heavy atom. The van der Waals surface area contributed by atoms with Crippen LogP contribution in [0.25, 0.3) is 0 Å². The SMILES string of the molecule is CC(C)C[C@H](NC(=O)[C@@H](N)CC(C)C)C(=O)NCC(=O)N[C@@H](CC(=O)O)C(=O)N[C@@H](CCCCN)C(=O)N[C@@H](CO)C(=O)N[C@@H](CCC(=O)O)C(=O)N[C@@H](CC(N)=O)C(=O)N[C@H](C(=O)O)C(C)C. The normalized spacial score (nSPS) is 14.6. The van der Waals surface area contributed by atoms with Gasteiger partial charge in [-0.2, -0.15) is 0 Å². The Morgan fingerprint density at radius 3 is 1.46 bits per heavy atom. The number of amides is 9. The minimum absolute atomic E-state index is 0.0843. The Morgan fingerprint density at radius 2 is 0.985 bits per heavy atom. The van der Waals surface area contributed by atoms with E-state index in [1.54, 1.807) is 13.8 Å². The second kappa shape index (κ2) is 31.5. The van der Waals surface area contributed by atoms with Crippen LogP contribution in [-0.2, 0) is 57.5 Å². The van der Waals surface area contributed by atoms with E-state index in [0.29, 0.717) is 12.8 Å². The molecule has 0 aromatic carbocycles. The van der Waals surface area contributed by atoms with E-state index in [1.807, 2.05) is 13.8 Å².